The summed E-state index contributed by atoms with van der Waals surface area (Å²) in [7, 11) is -3.81. The third-order valence-electron chi connectivity index (χ3n) is 1.51. The SMILES string of the molecule is C=O.Cc1cccc(S(N)(=O)=O)c1O. The largest absolute Gasteiger partial charge is 0.506 e. The minimum atomic E-state index is -3.81. The number of aryl methyl sites for hydroxylation is 1. The number of nitrogens with two attached hydrogens (primary N) is 1. The minimum absolute atomic E-state index is 0.234. The number of hydrogen-bond donors (Lipinski definition) is 2. The second kappa shape index (κ2) is 4.73. The van der Waals surface area contributed by atoms with E-state index in [-0.39, 0.29) is 10.6 Å². The lowest BCUT2D eigenvalue weighted by molar-refractivity contribution is -0.0979. The fraction of sp³-hybridized carbons (Fsp3) is 0.125. The van der Waals surface area contributed by atoms with Crippen LogP contribution in [0.25, 0.3) is 0 Å². The summed E-state index contributed by atoms with van der Waals surface area (Å²) in [6.45, 7) is 3.60. The first-order chi connectivity index (χ1) is 6.43. The van der Waals surface area contributed by atoms with E-state index in [0.717, 1.165) is 0 Å². The van der Waals surface area contributed by atoms with Crippen molar-refractivity contribution in [2.45, 2.75) is 11.8 Å². The molecule has 0 aliphatic heterocycles. The normalized spacial score (nSPS) is 10.1. The van der Waals surface area contributed by atoms with Gasteiger partial charge in [-0.3, -0.25) is 0 Å². The van der Waals surface area contributed by atoms with E-state index in [4.69, 9.17) is 9.93 Å². The molecule has 1 aromatic carbocycles. The van der Waals surface area contributed by atoms with Gasteiger partial charge < -0.3 is 9.90 Å². The van der Waals surface area contributed by atoms with E-state index in [2.05, 4.69) is 0 Å². The van der Waals surface area contributed by atoms with Crippen LogP contribution in [0, 0.1) is 6.92 Å². The van der Waals surface area contributed by atoms with E-state index in [1.807, 2.05) is 6.79 Å². The van der Waals surface area contributed by atoms with Crippen molar-refractivity contribution in [2.75, 3.05) is 0 Å². The summed E-state index contributed by atoms with van der Waals surface area (Å²) in [6.07, 6.45) is 0. The predicted molar refractivity (Wildman–Crippen MR) is 51.3 cm³/mol. The lowest BCUT2D eigenvalue weighted by Gasteiger charge is -2.03. The van der Waals surface area contributed by atoms with E-state index in [1.54, 1.807) is 13.0 Å². The fourth-order valence-corrected chi connectivity index (χ4v) is 1.56. The number of hydrogen-bond acceptors (Lipinski definition) is 4. The van der Waals surface area contributed by atoms with Gasteiger partial charge >= 0.3 is 0 Å². The van der Waals surface area contributed by atoms with Gasteiger partial charge in [0.15, 0.2) is 0 Å². The highest BCUT2D eigenvalue weighted by Gasteiger charge is 2.13. The summed E-state index contributed by atoms with van der Waals surface area (Å²) in [5, 5.41) is 14.1. The third kappa shape index (κ3) is 2.82. The molecule has 0 aliphatic carbocycles. The molecular weight excluding hydrogens is 206 g/mol. The van der Waals surface area contributed by atoms with Crippen molar-refractivity contribution in [3.63, 3.8) is 0 Å². The number of phenols is 1. The van der Waals surface area contributed by atoms with Crippen LogP contribution in [0.3, 0.4) is 0 Å². The number of rotatable bonds is 1. The molecule has 0 aliphatic rings. The summed E-state index contributed by atoms with van der Waals surface area (Å²) >= 11 is 0. The molecule has 0 bridgehead atoms. The molecular formula is C8H11NO4S. The van der Waals surface area contributed by atoms with Gasteiger partial charge in [-0.15, -0.1) is 0 Å². The first-order valence-electron chi connectivity index (χ1n) is 3.53. The molecule has 0 saturated carbocycles. The molecule has 3 N–H and O–H groups in total. The van der Waals surface area contributed by atoms with Crippen molar-refractivity contribution < 1.29 is 18.3 Å². The predicted octanol–water partition coefficient (Wildman–Crippen LogP) is 0.163. The average Bonchev–Trinajstić information content (AvgIpc) is 2.11. The monoisotopic (exact) mass is 217 g/mol. The summed E-state index contributed by atoms with van der Waals surface area (Å²) in [5.74, 6) is -0.278. The molecule has 1 rings (SSSR count). The number of sulfonamides is 1. The van der Waals surface area contributed by atoms with Crippen LogP contribution in [-0.4, -0.2) is 20.3 Å². The van der Waals surface area contributed by atoms with Crippen LogP contribution in [0.1, 0.15) is 5.56 Å². The number of carbonyl (C=O) groups excluding carboxylic acids is 1. The van der Waals surface area contributed by atoms with Crippen LogP contribution in [0.15, 0.2) is 23.1 Å². The Kier molecular flexibility index (Phi) is 4.26. The zero-order valence-electron chi connectivity index (χ0n) is 7.60. The highest BCUT2D eigenvalue weighted by molar-refractivity contribution is 7.89. The number of phenolic OH excluding ortho intramolecular Hbond substituents is 1. The standard InChI is InChI=1S/C7H9NO3S.CH2O/c1-5-3-2-4-6(7(5)9)12(8,10)11;1-2/h2-4,9H,1H3,(H2,8,10,11);1H2. The van der Waals surface area contributed by atoms with Gasteiger partial charge in [0, 0.05) is 0 Å². The van der Waals surface area contributed by atoms with Crippen molar-refractivity contribution in [2.24, 2.45) is 5.14 Å². The van der Waals surface area contributed by atoms with Gasteiger partial charge in [-0.1, -0.05) is 12.1 Å². The zero-order valence-corrected chi connectivity index (χ0v) is 8.41. The van der Waals surface area contributed by atoms with Crippen LogP contribution < -0.4 is 5.14 Å². The van der Waals surface area contributed by atoms with Gasteiger partial charge in [-0.25, -0.2) is 13.6 Å². The summed E-state index contributed by atoms with van der Waals surface area (Å²) < 4.78 is 21.6. The Hall–Kier alpha value is -1.40. The van der Waals surface area contributed by atoms with Gasteiger partial charge in [-0.05, 0) is 18.6 Å². The Morgan fingerprint density at radius 1 is 1.36 bits per heavy atom. The maximum Gasteiger partial charge on any atom is 0.241 e. The van der Waals surface area contributed by atoms with E-state index in [1.165, 1.54) is 12.1 Å². The number of primary sulfonamides is 1. The Morgan fingerprint density at radius 3 is 2.21 bits per heavy atom. The van der Waals surface area contributed by atoms with Crippen LogP contribution >= 0.6 is 0 Å². The number of benzene rings is 1. The summed E-state index contributed by atoms with van der Waals surface area (Å²) in [5.41, 5.74) is 0.488. The van der Waals surface area contributed by atoms with Gasteiger partial charge in [-0.2, -0.15) is 0 Å². The molecule has 14 heavy (non-hydrogen) atoms. The minimum Gasteiger partial charge on any atom is -0.506 e. The fourth-order valence-electron chi connectivity index (χ4n) is 0.862. The molecule has 0 aromatic heterocycles. The van der Waals surface area contributed by atoms with E-state index >= 15 is 0 Å². The quantitative estimate of drug-likeness (QED) is 0.700. The van der Waals surface area contributed by atoms with Crippen molar-refractivity contribution in [1.82, 2.24) is 0 Å². The van der Waals surface area contributed by atoms with Gasteiger partial charge in [0.05, 0.1) is 0 Å². The molecule has 0 fully saturated rings. The van der Waals surface area contributed by atoms with E-state index in [9.17, 15) is 13.5 Å². The lowest BCUT2D eigenvalue weighted by atomic mass is 10.2. The Labute approximate surface area is 82.2 Å². The molecule has 0 heterocycles. The molecule has 0 saturated heterocycles. The molecule has 0 spiro atoms. The van der Waals surface area contributed by atoms with E-state index < -0.39 is 10.0 Å². The maximum absolute atomic E-state index is 10.8. The maximum atomic E-state index is 10.8. The van der Waals surface area contributed by atoms with Gasteiger partial charge in [0.25, 0.3) is 0 Å². The molecule has 78 valence electrons. The molecule has 0 atom stereocenters. The highest BCUT2D eigenvalue weighted by atomic mass is 32.2. The summed E-state index contributed by atoms with van der Waals surface area (Å²) in [6, 6.07) is 4.39. The number of carbonyl (C=O) groups is 1. The smallest absolute Gasteiger partial charge is 0.241 e. The lowest BCUT2D eigenvalue weighted by Crippen LogP contribution is -2.12. The van der Waals surface area contributed by atoms with Crippen LogP contribution in [-0.2, 0) is 14.8 Å². The first kappa shape index (κ1) is 12.6. The second-order valence-electron chi connectivity index (χ2n) is 2.47. The number of para-hydroxylation sites is 1. The molecule has 0 radical (unpaired) electrons. The van der Waals surface area contributed by atoms with Crippen molar-refractivity contribution >= 4 is 16.8 Å². The Bertz CT molecular complexity index is 413. The van der Waals surface area contributed by atoms with Crippen molar-refractivity contribution in [3.8, 4) is 5.75 Å². The van der Waals surface area contributed by atoms with Crippen molar-refractivity contribution in [3.05, 3.63) is 23.8 Å². The Balaban J connectivity index is 0.000000791. The third-order valence-corrected chi connectivity index (χ3v) is 2.45. The molecule has 5 nitrogen and oxygen atoms in total. The number of aromatic hydroxyl groups is 1. The second-order valence-corrected chi connectivity index (χ2v) is 4.00. The molecule has 6 heteroatoms. The Morgan fingerprint density at radius 2 is 1.86 bits per heavy atom. The highest BCUT2D eigenvalue weighted by Crippen LogP contribution is 2.24. The molecule has 0 amide bonds. The van der Waals surface area contributed by atoms with Gasteiger partial charge in [0.1, 0.15) is 17.4 Å². The van der Waals surface area contributed by atoms with Crippen LogP contribution in [0.5, 0.6) is 5.75 Å². The zero-order chi connectivity index (χ0) is 11.4. The molecule has 0 unspecified atom stereocenters. The van der Waals surface area contributed by atoms with Crippen molar-refractivity contribution in [1.29, 1.82) is 0 Å². The van der Waals surface area contributed by atoms with Gasteiger partial charge in [0.2, 0.25) is 10.0 Å². The van der Waals surface area contributed by atoms with Crippen LogP contribution in [0.2, 0.25) is 0 Å². The summed E-state index contributed by atoms with van der Waals surface area (Å²) in [4.78, 5) is 7.77. The van der Waals surface area contributed by atoms with E-state index in [0.29, 0.717) is 5.56 Å². The van der Waals surface area contributed by atoms with Crippen LogP contribution in [0.4, 0.5) is 0 Å². The topological polar surface area (TPSA) is 97.5 Å². The first-order valence-corrected chi connectivity index (χ1v) is 5.08. The molecule has 1 aromatic rings. The average molecular weight is 217 g/mol.